The molecular formula is C22H21FN2O2S2. The van der Waals surface area contributed by atoms with E-state index in [2.05, 4.69) is 10.6 Å². The Morgan fingerprint density at radius 2 is 1.83 bits per heavy atom. The van der Waals surface area contributed by atoms with Crippen LogP contribution in [0.25, 0.3) is 11.1 Å². The van der Waals surface area contributed by atoms with E-state index in [9.17, 15) is 9.18 Å². The topological polar surface area (TPSA) is 50.4 Å². The molecule has 0 saturated heterocycles. The Morgan fingerprint density at radius 3 is 2.48 bits per heavy atom. The first kappa shape index (κ1) is 21.0. The maximum atomic E-state index is 13.0. The van der Waals surface area contributed by atoms with Crippen molar-refractivity contribution in [2.75, 3.05) is 11.9 Å². The molecule has 3 aromatic rings. The van der Waals surface area contributed by atoms with Crippen LogP contribution in [0, 0.1) is 12.7 Å². The van der Waals surface area contributed by atoms with Crippen molar-refractivity contribution >= 4 is 39.6 Å². The van der Waals surface area contributed by atoms with Crippen LogP contribution in [0.1, 0.15) is 27.7 Å². The summed E-state index contributed by atoms with van der Waals surface area (Å²) in [5.41, 5.74) is 3.17. The fourth-order valence-electron chi connectivity index (χ4n) is 2.92. The molecule has 29 heavy (non-hydrogen) atoms. The van der Waals surface area contributed by atoms with Gasteiger partial charge in [0.05, 0.1) is 6.61 Å². The first-order valence-electron chi connectivity index (χ1n) is 9.14. The lowest BCUT2D eigenvalue weighted by molar-refractivity contribution is 0.0529. The second kappa shape index (κ2) is 9.62. The summed E-state index contributed by atoms with van der Waals surface area (Å²) in [6, 6.07) is 15.9. The first-order chi connectivity index (χ1) is 14.0. The van der Waals surface area contributed by atoms with Gasteiger partial charge in [-0.15, -0.1) is 11.3 Å². The van der Waals surface area contributed by atoms with E-state index in [1.165, 1.54) is 23.5 Å². The van der Waals surface area contributed by atoms with E-state index in [0.29, 0.717) is 22.2 Å². The zero-order valence-electron chi connectivity index (χ0n) is 16.1. The molecule has 0 aliphatic rings. The number of rotatable bonds is 6. The molecule has 0 amide bonds. The molecule has 1 heterocycles. The fourth-order valence-corrected chi connectivity index (χ4v) is 4.22. The number of esters is 1. The molecule has 150 valence electrons. The molecule has 0 spiro atoms. The highest BCUT2D eigenvalue weighted by molar-refractivity contribution is 7.80. The molecule has 3 rings (SSSR count). The van der Waals surface area contributed by atoms with Crippen LogP contribution >= 0.6 is 23.6 Å². The van der Waals surface area contributed by atoms with Crippen LogP contribution in [0.4, 0.5) is 9.39 Å². The van der Waals surface area contributed by atoms with E-state index in [4.69, 9.17) is 17.0 Å². The summed E-state index contributed by atoms with van der Waals surface area (Å²) in [7, 11) is 0. The standard InChI is InChI=1S/C22H21FN2O2S2/c1-3-27-21(26)19-18(16-7-5-4-6-8-16)14(2)29-20(19)25-22(28)24-13-15-9-11-17(23)12-10-15/h4-12H,3,13H2,1-2H3,(H2,24,25,28). The second-order valence-corrected chi connectivity index (χ2v) is 7.89. The zero-order valence-corrected chi connectivity index (χ0v) is 17.8. The van der Waals surface area contributed by atoms with Gasteiger partial charge in [0.2, 0.25) is 0 Å². The summed E-state index contributed by atoms with van der Waals surface area (Å²) in [5, 5.41) is 7.22. The number of carbonyl (C=O) groups is 1. The number of hydrogen-bond acceptors (Lipinski definition) is 4. The van der Waals surface area contributed by atoms with Crippen molar-refractivity contribution in [2.45, 2.75) is 20.4 Å². The summed E-state index contributed by atoms with van der Waals surface area (Å²) in [6.07, 6.45) is 0. The molecule has 7 heteroatoms. The Labute approximate surface area is 178 Å². The minimum atomic E-state index is -0.389. The maximum Gasteiger partial charge on any atom is 0.341 e. The van der Waals surface area contributed by atoms with Crippen molar-refractivity contribution < 1.29 is 13.9 Å². The van der Waals surface area contributed by atoms with Gasteiger partial charge in [-0.2, -0.15) is 0 Å². The summed E-state index contributed by atoms with van der Waals surface area (Å²) in [6.45, 7) is 4.47. The van der Waals surface area contributed by atoms with Crippen molar-refractivity contribution in [3.05, 3.63) is 76.4 Å². The number of thiocarbonyl (C=S) groups is 1. The van der Waals surface area contributed by atoms with E-state index >= 15 is 0 Å². The third-order valence-electron chi connectivity index (χ3n) is 4.22. The predicted molar refractivity (Wildman–Crippen MR) is 120 cm³/mol. The average molecular weight is 429 g/mol. The number of carbonyl (C=O) groups excluding carboxylic acids is 1. The van der Waals surface area contributed by atoms with Gasteiger partial charge in [0.15, 0.2) is 5.11 Å². The van der Waals surface area contributed by atoms with E-state index in [1.54, 1.807) is 19.1 Å². The molecule has 2 N–H and O–H groups in total. The molecular weight excluding hydrogens is 407 g/mol. The summed E-state index contributed by atoms with van der Waals surface area (Å²) in [5.74, 6) is -0.671. The Bertz CT molecular complexity index is 1000. The smallest absolute Gasteiger partial charge is 0.341 e. The number of halogens is 1. The quantitative estimate of drug-likeness (QED) is 0.400. The molecule has 0 saturated carbocycles. The molecule has 0 unspecified atom stereocenters. The minimum Gasteiger partial charge on any atom is -0.462 e. The largest absolute Gasteiger partial charge is 0.462 e. The van der Waals surface area contributed by atoms with E-state index < -0.39 is 0 Å². The third kappa shape index (κ3) is 5.19. The first-order valence-corrected chi connectivity index (χ1v) is 10.4. The number of nitrogens with one attached hydrogen (secondary N) is 2. The summed E-state index contributed by atoms with van der Waals surface area (Å²) in [4.78, 5) is 13.7. The Balaban J connectivity index is 1.83. The molecule has 0 bridgehead atoms. The van der Waals surface area contributed by atoms with Crippen LogP contribution < -0.4 is 10.6 Å². The van der Waals surface area contributed by atoms with Crippen molar-refractivity contribution in [1.29, 1.82) is 0 Å². The highest BCUT2D eigenvalue weighted by atomic mass is 32.1. The third-order valence-corrected chi connectivity index (χ3v) is 5.49. The van der Waals surface area contributed by atoms with E-state index in [-0.39, 0.29) is 18.4 Å². The summed E-state index contributed by atoms with van der Waals surface area (Å²) >= 11 is 6.85. The van der Waals surface area contributed by atoms with Crippen LogP contribution in [0.3, 0.4) is 0 Å². The monoisotopic (exact) mass is 428 g/mol. The van der Waals surface area contributed by atoms with Crippen molar-refractivity contribution in [2.24, 2.45) is 0 Å². The predicted octanol–water partition coefficient (Wildman–Crippen LogP) is 5.53. The lowest BCUT2D eigenvalue weighted by Gasteiger charge is -2.12. The number of thiophene rings is 1. The highest BCUT2D eigenvalue weighted by Crippen LogP contribution is 2.40. The molecule has 0 aliphatic heterocycles. The number of hydrogen-bond donors (Lipinski definition) is 2. The van der Waals surface area contributed by atoms with Crippen LogP contribution in [0.5, 0.6) is 0 Å². The molecule has 0 radical (unpaired) electrons. The molecule has 4 nitrogen and oxygen atoms in total. The molecule has 2 aromatic carbocycles. The van der Waals surface area contributed by atoms with Gasteiger partial charge < -0.3 is 15.4 Å². The molecule has 0 aliphatic carbocycles. The SMILES string of the molecule is CCOC(=O)c1c(NC(=S)NCc2ccc(F)cc2)sc(C)c1-c1ccccc1. The Kier molecular flexibility index (Phi) is 6.95. The molecule has 0 fully saturated rings. The van der Waals surface area contributed by atoms with Gasteiger partial charge in [0.1, 0.15) is 16.4 Å². The minimum absolute atomic E-state index is 0.281. The van der Waals surface area contributed by atoms with Gasteiger partial charge in [-0.05, 0) is 49.3 Å². The number of ether oxygens (including phenoxy) is 1. The van der Waals surface area contributed by atoms with E-state index in [1.807, 2.05) is 37.3 Å². The number of benzene rings is 2. The second-order valence-electron chi connectivity index (χ2n) is 6.26. The van der Waals surface area contributed by atoms with Crippen molar-refractivity contribution in [3.63, 3.8) is 0 Å². The van der Waals surface area contributed by atoms with Gasteiger partial charge in [-0.1, -0.05) is 42.5 Å². The van der Waals surface area contributed by atoms with Crippen LogP contribution in [0.2, 0.25) is 0 Å². The van der Waals surface area contributed by atoms with E-state index in [0.717, 1.165) is 21.6 Å². The van der Waals surface area contributed by atoms with Crippen molar-refractivity contribution in [3.8, 4) is 11.1 Å². The fraction of sp³-hybridized carbons (Fsp3) is 0.182. The molecule has 1 aromatic heterocycles. The van der Waals surface area contributed by atoms with Gasteiger partial charge in [-0.25, -0.2) is 9.18 Å². The van der Waals surface area contributed by atoms with Gasteiger partial charge >= 0.3 is 5.97 Å². The van der Waals surface area contributed by atoms with Gasteiger partial charge in [0, 0.05) is 17.0 Å². The maximum absolute atomic E-state index is 13.0. The van der Waals surface area contributed by atoms with Gasteiger partial charge in [-0.3, -0.25) is 0 Å². The highest BCUT2D eigenvalue weighted by Gasteiger charge is 2.24. The lowest BCUT2D eigenvalue weighted by atomic mass is 10.0. The van der Waals surface area contributed by atoms with Crippen LogP contribution in [-0.2, 0) is 11.3 Å². The Hall–Kier alpha value is -2.77. The normalized spacial score (nSPS) is 10.4. The molecule has 0 atom stereocenters. The summed E-state index contributed by atoms with van der Waals surface area (Å²) < 4.78 is 18.3. The lowest BCUT2D eigenvalue weighted by Crippen LogP contribution is -2.28. The van der Waals surface area contributed by atoms with Crippen LogP contribution in [0.15, 0.2) is 54.6 Å². The van der Waals surface area contributed by atoms with Crippen LogP contribution in [-0.4, -0.2) is 17.7 Å². The van der Waals surface area contributed by atoms with Crippen molar-refractivity contribution in [1.82, 2.24) is 5.32 Å². The number of anilines is 1. The number of aryl methyl sites for hydroxylation is 1. The zero-order chi connectivity index (χ0) is 20.8. The van der Waals surface area contributed by atoms with Gasteiger partial charge in [0.25, 0.3) is 0 Å². The average Bonchev–Trinajstić information content (AvgIpc) is 3.04. The Morgan fingerprint density at radius 1 is 1.14 bits per heavy atom.